The fourth-order valence-corrected chi connectivity index (χ4v) is 5.93. The highest BCUT2D eigenvalue weighted by molar-refractivity contribution is 5.80. The monoisotopic (exact) mass is 440 g/mol. The van der Waals surface area contributed by atoms with Crippen LogP contribution in [0.15, 0.2) is 35.3 Å². The molecule has 6 heteroatoms. The summed E-state index contributed by atoms with van der Waals surface area (Å²) < 4.78 is 0. The Hall–Kier alpha value is -1.63. The van der Waals surface area contributed by atoms with Crippen molar-refractivity contribution in [2.24, 2.45) is 10.9 Å². The molecule has 0 bridgehead atoms. The van der Waals surface area contributed by atoms with E-state index in [0.29, 0.717) is 12.1 Å². The molecule has 3 aliphatic rings. The molecule has 1 N–H and O–H groups in total. The maximum atomic E-state index is 4.67. The zero-order valence-corrected chi connectivity index (χ0v) is 20.5. The van der Waals surface area contributed by atoms with Gasteiger partial charge < -0.3 is 15.1 Å². The van der Waals surface area contributed by atoms with Crippen LogP contribution in [0.4, 0.5) is 0 Å². The zero-order chi connectivity index (χ0) is 22.3. The number of hydrogen-bond acceptors (Lipinski definition) is 4. The van der Waals surface area contributed by atoms with Gasteiger partial charge >= 0.3 is 0 Å². The minimum absolute atomic E-state index is 0.541. The summed E-state index contributed by atoms with van der Waals surface area (Å²) in [5.41, 5.74) is 1.45. The molecule has 3 unspecified atom stereocenters. The summed E-state index contributed by atoms with van der Waals surface area (Å²) in [6.45, 7) is 16.1. The SMILES string of the molecule is CCN1CCN(C(C)CNC(=NC)N2CCC3C(CCCN3Cc3ccccc3)C2)CC1. The van der Waals surface area contributed by atoms with Gasteiger partial charge in [0.25, 0.3) is 0 Å². The van der Waals surface area contributed by atoms with Gasteiger partial charge in [0.2, 0.25) is 0 Å². The zero-order valence-electron chi connectivity index (χ0n) is 20.5. The summed E-state index contributed by atoms with van der Waals surface area (Å²) in [5.74, 6) is 1.85. The lowest BCUT2D eigenvalue weighted by atomic mass is 9.83. The summed E-state index contributed by atoms with van der Waals surface area (Å²) in [6, 6.07) is 12.2. The van der Waals surface area contributed by atoms with Crippen LogP contribution in [0.2, 0.25) is 0 Å². The average Bonchev–Trinajstić information content (AvgIpc) is 2.85. The van der Waals surface area contributed by atoms with Crippen LogP contribution in [-0.2, 0) is 6.54 Å². The molecule has 3 fully saturated rings. The van der Waals surface area contributed by atoms with Crippen LogP contribution in [0.25, 0.3) is 0 Å². The minimum Gasteiger partial charge on any atom is -0.355 e. The van der Waals surface area contributed by atoms with Gasteiger partial charge in [-0.1, -0.05) is 37.3 Å². The van der Waals surface area contributed by atoms with Crippen molar-refractivity contribution in [1.29, 1.82) is 0 Å². The number of rotatable bonds is 6. The number of nitrogens with one attached hydrogen (secondary N) is 1. The van der Waals surface area contributed by atoms with E-state index in [2.05, 4.69) is 74.1 Å². The van der Waals surface area contributed by atoms with Gasteiger partial charge in [-0.25, -0.2) is 0 Å². The van der Waals surface area contributed by atoms with E-state index in [-0.39, 0.29) is 0 Å². The van der Waals surface area contributed by atoms with Gasteiger partial charge in [0.1, 0.15) is 0 Å². The van der Waals surface area contributed by atoms with E-state index in [1.807, 2.05) is 7.05 Å². The molecule has 1 aromatic rings. The normalized spacial score (nSPS) is 27.2. The Morgan fingerprint density at radius 2 is 1.84 bits per heavy atom. The third-order valence-electron chi connectivity index (χ3n) is 7.96. The highest BCUT2D eigenvalue weighted by atomic mass is 15.3. The van der Waals surface area contributed by atoms with Gasteiger partial charge in [-0.2, -0.15) is 0 Å². The summed E-state index contributed by atoms with van der Waals surface area (Å²) in [7, 11) is 1.95. The molecule has 3 saturated heterocycles. The van der Waals surface area contributed by atoms with Gasteiger partial charge in [0, 0.05) is 71.5 Å². The van der Waals surface area contributed by atoms with Crippen molar-refractivity contribution >= 4 is 5.96 Å². The number of guanidine groups is 1. The van der Waals surface area contributed by atoms with E-state index in [1.165, 1.54) is 64.1 Å². The third kappa shape index (κ3) is 5.83. The number of piperazine rings is 1. The fraction of sp³-hybridized carbons (Fsp3) is 0.731. The second-order valence-corrected chi connectivity index (χ2v) is 9.91. The maximum absolute atomic E-state index is 4.67. The largest absolute Gasteiger partial charge is 0.355 e. The van der Waals surface area contributed by atoms with E-state index < -0.39 is 0 Å². The van der Waals surface area contributed by atoms with E-state index >= 15 is 0 Å². The standard InChI is InChI=1S/C26H44N6/c1-4-29-15-17-30(18-16-29)22(2)19-28-26(27-3)32-14-12-25-24(21-32)11-8-13-31(25)20-23-9-6-5-7-10-23/h5-7,9-10,22,24-25H,4,8,11-21H2,1-3H3,(H,27,28). The molecular formula is C26H44N6. The van der Waals surface area contributed by atoms with Crippen molar-refractivity contribution in [2.45, 2.75) is 51.7 Å². The maximum Gasteiger partial charge on any atom is 0.193 e. The predicted octanol–water partition coefficient (Wildman–Crippen LogP) is 2.57. The second-order valence-electron chi connectivity index (χ2n) is 9.91. The minimum atomic E-state index is 0.541. The summed E-state index contributed by atoms with van der Waals surface area (Å²) in [4.78, 5) is 15.1. The Morgan fingerprint density at radius 1 is 1.06 bits per heavy atom. The number of likely N-dealkylation sites (N-methyl/N-ethyl adjacent to an activating group) is 1. The van der Waals surface area contributed by atoms with Crippen LogP contribution >= 0.6 is 0 Å². The summed E-state index contributed by atoms with van der Waals surface area (Å²) in [5, 5.41) is 3.72. The summed E-state index contributed by atoms with van der Waals surface area (Å²) in [6.07, 6.45) is 3.91. The number of benzene rings is 1. The Morgan fingerprint density at radius 3 is 2.56 bits per heavy atom. The molecule has 6 nitrogen and oxygen atoms in total. The number of piperidine rings is 2. The van der Waals surface area contributed by atoms with Gasteiger partial charge in [-0.05, 0) is 50.8 Å². The number of aliphatic imine (C=N–C) groups is 1. The quantitative estimate of drug-likeness (QED) is 0.544. The van der Waals surface area contributed by atoms with Gasteiger partial charge in [0.15, 0.2) is 5.96 Å². The van der Waals surface area contributed by atoms with Crippen molar-refractivity contribution in [2.75, 3.05) is 66.0 Å². The molecule has 0 spiro atoms. The van der Waals surface area contributed by atoms with Crippen LogP contribution in [0.3, 0.4) is 0 Å². The topological polar surface area (TPSA) is 37.4 Å². The molecule has 3 atom stereocenters. The Balaban J connectivity index is 1.27. The average molecular weight is 441 g/mol. The van der Waals surface area contributed by atoms with Crippen molar-refractivity contribution in [1.82, 2.24) is 24.9 Å². The van der Waals surface area contributed by atoms with E-state index in [0.717, 1.165) is 38.1 Å². The molecule has 0 aromatic heterocycles. The first-order chi connectivity index (χ1) is 15.7. The lowest BCUT2D eigenvalue weighted by molar-refractivity contribution is 0.0370. The third-order valence-corrected chi connectivity index (χ3v) is 7.96. The van der Waals surface area contributed by atoms with Gasteiger partial charge in [-0.3, -0.25) is 14.8 Å². The van der Waals surface area contributed by atoms with Crippen molar-refractivity contribution in [3.05, 3.63) is 35.9 Å². The second kappa shape index (κ2) is 11.5. The lowest BCUT2D eigenvalue weighted by Gasteiger charge is -2.48. The molecule has 3 aliphatic heterocycles. The molecule has 32 heavy (non-hydrogen) atoms. The van der Waals surface area contributed by atoms with Crippen molar-refractivity contribution in [3.63, 3.8) is 0 Å². The molecule has 178 valence electrons. The fourth-order valence-electron chi connectivity index (χ4n) is 5.93. The molecule has 4 rings (SSSR count). The first-order valence-corrected chi connectivity index (χ1v) is 12.9. The lowest BCUT2D eigenvalue weighted by Crippen LogP contribution is -2.58. The Labute approximate surface area is 195 Å². The predicted molar refractivity (Wildman–Crippen MR) is 134 cm³/mol. The van der Waals surface area contributed by atoms with Gasteiger partial charge in [-0.15, -0.1) is 0 Å². The molecule has 0 aliphatic carbocycles. The molecule has 1 aromatic carbocycles. The number of fused-ring (bicyclic) bond motifs is 1. The van der Waals surface area contributed by atoms with Gasteiger partial charge in [0.05, 0.1) is 0 Å². The number of likely N-dealkylation sites (tertiary alicyclic amines) is 2. The number of nitrogens with zero attached hydrogens (tertiary/aromatic N) is 5. The van der Waals surface area contributed by atoms with Crippen LogP contribution in [0.1, 0.15) is 38.7 Å². The number of hydrogen-bond donors (Lipinski definition) is 1. The molecule has 3 heterocycles. The van der Waals surface area contributed by atoms with Crippen molar-refractivity contribution < 1.29 is 0 Å². The smallest absolute Gasteiger partial charge is 0.193 e. The summed E-state index contributed by atoms with van der Waals surface area (Å²) >= 11 is 0. The van der Waals surface area contributed by atoms with Crippen LogP contribution < -0.4 is 5.32 Å². The van der Waals surface area contributed by atoms with Crippen LogP contribution in [0.5, 0.6) is 0 Å². The highest BCUT2D eigenvalue weighted by Crippen LogP contribution is 2.31. The van der Waals surface area contributed by atoms with Crippen LogP contribution in [0, 0.1) is 5.92 Å². The van der Waals surface area contributed by atoms with E-state index in [4.69, 9.17) is 0 Å². The first kappa shape index (κ1) is 23.5. The Bertz CT molecular complexity index is 714. The van der Waals surface area contributed by atoms with E-state index in [1.54, 1.807) is 0 Å². The molecule has 0 saturated carbocycles. The molecule has 0 amide bonds. The van der Waals surface area contributed by atoms with Crippen molar-refractivity contribution in [3.8, 4) is 0 Å². The first-order valence-electron chi connectivity index (χ1n) is 12.9. The van der Waals surface area contributed by atoms with Crippen LogP contribution in [-0.4, -0.2) is 104 Å². The van der Waals surface area contributed by atoms with E-state index in [9.17, 15) is 0 Å². The molecule has 0 radical (unpaired) electrons. The highest BCUT2D eigenvalue weighted by Gasteiger charge is 2.36. The molecular weight excluding hydrogens is 396 g/mol. The Kier molecular flexibility index (Phi) is 8.44.